The van der Waals surface area contributed by atoms with Crippen molar-refractivity contribution in [2.24, 2.45) is 7.05 Å². The number of benzene rings is 2. The molecule has 2 nitrogen and oxygen atoms in total. The fourth-order valence-electron chi connectivity index (χ4n) is 2.47. The van der Waals surface area contributed by atoms with Gasteiger partial charge in [-0.05, 0) is 23.8 Å². The summed E-state index contributed by atoms with van der Waals surface area (Å²) in [5.41, 5.74) is 3.91. The molecule has 3 rings (SSSR count). The van der Waals surface area contributed by atoms with Crippen molar-refractivity contribution < 1.29 is 9.36 Å². The molecule has 0 spiro atoms. The van der Waals surface area contributed by atoms with Crippen LogP contribution >= 0.6 is 0 Å². The molecule has 21 heavy (non-hydrogen) atoms. The lowest BCUT2D eigenvalue weighted by atomic mass is 10.1. The molecule has 0 aliphatic carbocycles. The molecule has 2 aromatic carbocycles. The first-order chi connectivity index (χ1) is 10.3. The largest absolute Gasteiger partial charge is 0.298 e. The van der Waals surface area contributed by atoms with Crippen molar-refractivity contribution in [2.75, 3.05) is 0 Å². The first kappa shape index (κ1) is 13.3. The van der Waals surface area contributed by atoms with Crippen LogP contribution < -0.4 is 4.57 Å². The zero-order valence-corrected chi connectivity index (χ0v) is 11.9. The van der Waals surface area contributed by atoms with Crippen molar-refractivity contribution in [3.8, 4) is 0 Å². The van der Waals surface area contributed by atoms with E-state index < -0.39 is 0 Å². The number of rotatable bonds is 3. The highest BCUT2D eigenvalue weighted by Crippen LogP contribution is 2.13. The topological polar surface area (TPSA) is 20.9 Å². The zero-order chi connectivity index (χ0) is 14.7. The third-order valence-electron chi connectivity index (χ3n) is 3.68. The van der Waals surface area contributed by atoms with Crippen LogP contribution in [0.5, 0.6) is 0 Å². The van der Waals surface area contributed by atoms with E-state index in [2.05, 4.69) is 28.8 Å². The van der Waals surface area contributed by atoms with Crippen LogP contribution in [0.3, 0.4) is 0 Å². The molecule has 0 saturated heterocycles. The van der Waals surface area contributed by atoms with Gasteiger partial charge in [0.05, 0.1) is 0 Å². The van der Waals surface area contributed by atoms with Crippen molar-refractivity contribution >= 4 is 29.3 Å². The molecule has 0 bridgehead atoms. The number of hydrogen-bond acceptors (Lipinski definition) is 1. The number of nitrogens with zero attached hydrogens (tertiary/aromatic N) is 1. The molecule has 1 heterocycles. The van der Waals surface area contributed by atoms with E-state index in [1.807, 2.05) is 55.6 Å². The highest BCUT2D eigenvalue weighted by molar-refractivity contribution is 5.84. The van der Waals surface area contributed by atoms with Crippen LogP contribution in [-0.2, 0) is 7.05 Å². The maximum Gasteiger partial charge on any atom is 0.212 e. The van der Waals surface area contributed by atoms with Gasteiger partial charge in [-0.1, -0.05) is 36.4 Å². The van der Waals surface area contributed by atoms with Gasteiger partial charge in [-0.2, -0.15) is 4.57 Å². The Labute approximate surface area is 124 Å². The number of para-hydroxylation sites is 1. The van der Waals surface area contributed by atoms with E-state index in [1.165, 1.54) is 10.9 Å². The van der Waals surface area contributed by atoms with Crippen LogP contribution in [0.25, 0.3) is 23.1 Å². The Kier molecular flexibility index (Phi) is 3.61. The summed E-state index contributed by atoms with van der Waals surface area (Å²) in [5, 5.41) is 1.21. The van der Waals surface area contributed by atoms with Gasteiger partial charge in [-0.3, -0.25) is 4.79 Å². The lowest BCUT2D eigenvalue weighted by molar-refractivity contribution is -0.646. The normalized spacial score (nSPS) is 11.1. The fourth-order valence-corrected chi connectivity index (χ4v) is 2.47. The molecule has 0 radical (unpaired) electrons. The molecule has 2 heteroatoms. The highest BCUT2D eigenvalue weighted by atomic mass is 16.1. The third kappa shape index (κ3) is 2.61. The first-order valence-corrected chi connectivity index (χ1v) is 6.89. The fraction of sp³-hybridized carbons (Fsp3) is 0.0526. The van der Waals surface area contributed by atoms with Gasteiger partial charge in [0.1, 0.15) is 7.05 Å². The number of carbonyl (C=O) groups is 1. The van der Waals surface area contributed by atoms with E-state index >= 15 is 0 Å². The highest BCUT2D eigenvalue weighted by Gasteiger charge is 2.08. The number of aldehydes is 1. The number of aryl methyl sites for hydroxylation is 1. The molecule has 0 amide bonds. The Bertz CT molecular complexity index is 834. The molecule has 0 aliphatic heterocycles. The Morgan fingerprint density at radius 1 is 0.810 bits per heavy atom. The SMILES string of the molecule is C[n+]1c(/C=C/c2ccccc2C=O)ccc2ccccc21. The van der Waals surface area contributed by atoms with Gasteiger partial charge in [-0.15, -0.1) is 0 Å². The van der Waals surface area contributed by atoms with Gasteiger partial charge >= 0.3 is 0 Å². The molecular weight excluding hydrogens is 258 g/mol. The molecular formula is C19H16NO+. The number of aromatic nitrogens is 1. The minimum atomic E-state index is 0.706. The molecule has 0 saturated carbocycles. The Morgan fingerprint density at radius 2 is 1.52 bits per heavy atom. The molecule has 0 unspecified atom stereocenters. The van der Waals surface area contributed by atoms with E-state index in [4.69, 9.17) is 0 Å². The monoisotopic (exact) mass is 274 g/mol. The summed E-state index contributed by atoms with van der Waals surface area (Å²) in [4.78, 5) is 11.0. The lowest BCUT2D eigenvalue weighted by Gasteiger charge is -2.00. The van der Waals surface area contributed by atoms with E-state index in [1.54, 1.807) is 0 Å². The first-order valence-electron chi connectivity index (χ1n) is 6.89. The van der Waals surface area contributed by atoms with Crippen LogP contribution in [0.4, 0.5) is 0 Å². The van der Waals surface area contributed by atoms with Crippen molar-refractivity contribution in [1.29, 1.82) is 0 Å². The van der Waals surface area contributed by atoms with Crippen LogP contribution in [0, 0.1) is 0 Å². The molecule has 3 aromatic rings. The second kappa shape index (κ2) is 5.71. The average molecular weight is 274 g/mol. The van der Waals surface area contributed by atoms with Gasteiger partial charge in [0.2, 0.25) is 11.2 Å². The minimum Gasteiger partial charge on any atom is -0.298 e. The van der Waals surface area contributed by atoms with Crippen molar-refractivity contribution in [3.63, 3.8) is 0 Å². The average Bonchev–Trinajstić information content (AvgIpc) is 2.55. The maximum absolute atomic E-state index is 11.0. The molecule has 0 aliphatic rings. The zero-order valence-electron chi connectivity index (χ0n) is 11.9. The van der Waals surface area contributed by atoms with E-state index in [0.29, 0.717) is 5.56 Å². The van der Waals surface area contributed by atoms with E-state index in [0.717, 1.165) is 17.5 Å². The summed E-state index contributed by atoms with van der Waals surface area (Å²) >= 11 is 0. The molecule has 102 valence electrons. The number of carbonyl (C=O) groups excluding carboxylic acids is 1. The standard InChI is InChI=1S/C19H16NO/c1-20-18(13-11-16-7-4-5-9-19(16)20)12-10-15-6-2-3-8-17(15)14-21/h2-14H,1H3/q+1/b12-10+. The predicted molar refractivity (Wildman–Crippen MR) is 85.9 cm³/mol. The van der Waals surface area contributed by atoms with Gasteiger partial charge < -0.3 is 0 Å². The van der Waals surface area contributed by atoms with Crippen LogP contribution in [0.1, 0.15) is 21.6 Å². The number of fused-ring (bicyclic) bond motifs is 1. The summed E-state index contributed by atoms with van der Waals surface area (Å²) < 4.78 is 2.15. The molecule has 0 N–H and O–H groups in total. The summed E-state index contributed by atoms with van der Waals surface area (Å²) in [5.74, 6) is 0. The van der Waals surface area contributed by atoms with Crippen LogP contribution in [-0.4, -0.2) is 6.29 Å². The molecule has 0 fully saturated rings. The smallest absolute Gasteiger partial charge is 0.212 e. The Balaban J connectivity index is 2.03. The lowest BCUT2D eigenvalue weighted by Crippen LogP contribution is -2.32. The summed E-state index contributed by atoms with van der Waals surface area (Å²) in [6.45, 7) is 0. The van der Waals surface area contributed by atoms with Crippen molar-refractivity contribution in [1.82, 2.24) is 0 Å². The summed E-state index contributed by atoms with van der Waals surface area (Å²) in [7, 11) is 2.05. The number of hydrogen-bond donors (Lipinski definition) is 0. The number of pyridine rings is 1. The van der Waals surface area contributed by atoms with Gasteiger partial charge in [0, 0.05) is 29.2 Å². The van der Waals surface area contributed by atoms with Gasteiger partial charge in [0.25, 0.3) is 0 Å². The van der Waals surface area contributed by atoms with E-state index in [-0.39, 0.29) is 0 Å². The van der Waals surface area contributed by atoms with Crippen LogP contribution in [0.2, 0.25) is 0 Å². The minimum absolute atomic E-state index is 0.706. The van der Waals surface area contributed by atoms with Crippen molar-refractivity contribution in [3.05, 3.63) is 77.5 Å². The van der Waals surface area contributed by atoms with E-state index in [9.17, 15) is 4.79 Å². The van der Waals surface area contributed by atoms with Crippen LogP contribution in [0.15, 0.2) is 60.7 Å². The second-order valence-electron chi connectivity index (χ2n) is 4.96. The third-order valence-corrected chi connectivity index (χ3v) is 3.68. The molecule has 1 aromatic heterocycles. The Hall–Kier alpha value is -2.74. The van der Waals surface area contributed by atoms with Gasteiger partial charge in [0.15, 0.2) is 6.29 Å². The Morgan fingerprint density at radius 3 is 2.33 bits per heavy atom. The summed E-state index contributed by atoms with van der Waals surface area (Å²) in [6.07, 6.45) is 4.91. The maximum atomic E-state index is 11.0. The van der Waals surface area contributed by atoms with Crippen molar-refractivity contribution in [2.45, 2.75) is 0 Å². The second-order valence-corrected chi connectivity index (χ2v) is 4.96. The molecule has 0 atom stereocenters. The quantitative estimate of drug-likeness (QED) is 0.527. The summed E-state index contributed by atoms with van der Waals surface area (Å²) in [6, 6.07) is 20.1. The predicted octanol–water partition coefficient (Wildman–Crippen LogP) is 3.65. The van der Waals surface area contributed by atoms with Gasteiger partial charge in [-0.25, -0.2) is 0 Å².